The van der Waals surface area contributed by atoms with Gasteiger partial charge in [0.2, 0.25) is 17.8 Å². The van der Waals surface area contributed by atoms with Crippen molar-refractivity contribution in [3.8, 4) is 5.75 Å². The summed E-state index contributed by atoms with van der Waals surface area (Å²) < 4.78 is 5.29. The fourth-order valence-corrected chi connectivity index (χ4v) is 3.58. The number of aryl methyl sites for hydroxylation is 2. The fourth-order valence-electron chi connectivity index (χ4n) is 3.58. The second kappa shape index (κ2) is 8.54. The van der Waals surface area contributed by atoms with E-state index >= 15 is 0 Å². The summed E-state index contributed by atoms with van der Waals surface area (Å²) in [5, 5.41) is 8.39. The molecular weight excluding hydrogens is 410 g/mol. The van der Waals surface area contributed by atoms with Crippen LogP contribution in [-0.4, -0.2) is 28.9 Å². The van der Waals surface area contributed by atoms with Crippen molar-refractivity contribution in [2.75, 3.05) is 23.1 Å². The Bertz CT molecular complexity index is 1270. The van der Waals surface area contributed by atoms with Gasteiger partial charge >= 0.3 is 0 Å². The number of amides is 2. The largest absolute Gasteiger partial charge is 0.495 e. The lowest BCUT2D eigenvalue weighted by Gasteiger charge is -2.24. The van der Waals surface area contributed by atoms with Crippen LogP contribution < -0.4 is 26.2 Å². The normalized spacial score (nSPS) is 14.8. The van der Waals surface area contributed by atoms with Gasteiger partial charge in [-0.05, 0) is 49.2 Å². The number of carbonyl (C=O) groups excluding carboxylic acids is 2. The molecule has 1 unspecified atom stereocenters. The molecule has 9 heteroatoms. The Hall–Kier alpha value is -4.14. The highest BCUT2D eigenvalue weighted by molar-refractivity contribution is 6.04. The molecule has 4 rings (SSSR count). The van der Waals surface area contributed by atoms with E-state index in [-0.39, 0.29) is 29.7 Å². The molecule has 2 heterocycles. The highest BCUT2D eigenvalue weighted by Gasteiger charge is 2.34. The maximum Gasteiger partial charge on any atom is 0.258 e. The van der Waals surface area contributed by atoms with Crippen molar-refractivity contribution in [1.29, 1.82) is 0 Å². The fraction of sp³-hybridized carbons (Fsp3) is 0.217. The lowest BCUT2D eigenvalue weighted by molar-refractivity contribution is -0.123. The molecule has 0 spiro atoms. The van der Waals surface area contributed by atoms with Crippen LogP contribution in [0.2, 0.25) is 0 Å². The Morgan fingerprint density at radius 1 is 1.12 bits per heavy atom. The van der Waals surface area contributed by atoms with Gasteiger partial charge in [-0.3, -0.25) is 19.4 Å². The molecule has 4 N–H and O–H groups in total. The van der Waals surface area contributed by atoms with Crippen molar-refractivity contribution in [2.45, 2.75) is 26.2 Å². The Morgan fingerprint density at radius 3 is 2.66 bits per heavy atom. The zero-order valence-electron chi connectivity index (χ0n) is 17.9. The van der Waals surface area contributed by atoms with Crippen molar-refractivity contribution < 1.29 is 14.3 Å². The van der Waals surface area contributed by atoms with E-state index in [1.165, 1.54) is 7.11 Å². The van der Waals surface area contributed by atoms with Crippen LogP contribution in [0.15, 0.2) is 47.3 Å². The zero-order chi connectivity index (χ0) is 22.8. The molecule has 0 fully saturated rings. The van der Waals surface area contributed by atoms with Crippen LogP contribution in [0.3, 0.4) is 0 Å². The van der Waals surface area contributed by atoms with Gasteiger partial charge in [0.25, 0.3) is 5.56 Å². The minimum Gasteiger partial charge on any atom is -0.495 e. The number of fused-ring (bicyclic) bond motifs is 1. The number of aromatic nitrogens is 2. The number of methoxy groups -OCH3 is 1. The van der Waals surface area contributed by atoms with Crippen LogP contribution in [0.25, 0.3) is 0 Å². The van der Waals surface area contributed by atoms with Crippen molar-refractivity contribution in [3.63, 3.8) is 0 Å². The summed E-state index contributed by atoms with van der Waals surface area (Å²) in [5.41, 5.74) is 2.93. The number of anilines is 4. The van der Waals surface area contributed by atoms with Crippen molar-refractivity contribution in [2.24, 2.45) is 0 Å². The van der Waals surface area contributed by atoms with E-state index in [4.69, 9.17) is 4.74 Å². The summed E-state index contributed by atoms with van der Waals surface area (Å²) in [6, 6.07) is 12.7. The third-order valence-electron chi connectivity index (χ3n) is 5.40. The van der Waals surface area contributed by atoms with Crippen LogP contribution >= 0.6 is 0 Å². The van der Waals surface area contributed by atoms with E-state index in [1.54, 1.807) is 24.3 Å². The average Bonchev–Trinajstić information content (AvgIpc) is 2.75. The van der Waals surface area contributed by atoms with Gasteiger partial charge in [0.05, 0.1) is 24.3 Å². The highest BCUT2D eigenvalue weighted by Crippen LogP contribution is 2.31. The molecular formula is C23H23N5O4. The Balaban J connectivity index is 1.64. The maximum absolute atomic E-state index is 13.0. The minimum absolute atomic E-state index is 0.0580. The van der Waals surface area contributed by atoms with Gasteiger partial charge < -0.3 is 20.7 Å². The molecule has 1 aliphatic heterocycles. The number of hydrogen-bond acceptors (Lipinski definition) is 6. The summed E-state index contributed by atoms with van der Waals surface area (Å²) in [7, 11) is 1.53. The third-order valence-corrected chi connectivity index (χ3v) is 5.40. The van der Waals surface area contributed by atoms with Crippen LogP contribution in [0.5, 0.6) is 5.75 Å². The van der Waals surface area contributed by atoms with Crippen LogP contribution in [-0.2, 0) is 9.59 Å². The summed E-state index contributed by atoms with van der Waals surface area (Å²) in [5.74, 6) is -1.06. The summed E-state index contributed by atoms with van der Waals surface area (Å²) in [6.45, 7) is 3.92. The molecule has 9 nitrogen and oxygen atoms in total. The molecule has 2 amide bonds. The van der Waals surface area contributed by atoms with E-state index < -0.39 is 17.4 Å². The number of carbonyl (C=O) groups is 2. The third kappa shape index (κ3) is 4.18. The second-order valence-corrected chi connectivity index (χ2v) is 7.60. The van der Waals surface area contributed by atoms with Crippen LogP contribution in [0.4, 0.5) is 23.1 Å². The first-order chi connectivity index (χ1) is 15.4. The molecule has 1 aliphatic rings. The highest BCUT2D eigenvalue weighted by atomic mass is 16.5. The predicted molar refractivity (Wildman–Crippen MR) is 122 cm³/mol. The first-order valence-corrected chi connectivity index (χ1v) is 10.1. The molecule has 32 heavy (non-hydrogen) atoms. The standard InChI is InChI=1S/C23H23N5O4/c1-12-8-9-14(10-13(12)2)24-21(30)15-11-18(29)26-20-19(15)22(31)28-23(27-20)25-16-6-4-5-7-17(16)32-3/h4-10,15H,11H2,1-3H3,(H,24,30)(H3,25,26,27,28,29,31). The number of nitrogens with one attached hydrogen (secondary N) is 4. The second-order valence-electron chi connectivity index (χ2n) is 7.60. The van der Waals surface area contributed by atoms with Gasteiger partial charge in [-0.25, -0.2) is 0 Å². The first-order valence-electron chi connectivity index (χ1n) is 10.1. The van der Waals surface area contributed by atoms with E-state index in [9.17, 15) is 14.4 Å². The Labute approximate surface area is 184 Å². The molecule has 164 valence electrons. The molecule has 0 saturated carbocycles. The topological polar surface area (TPSA) is 125 Å². The van der Waals surface area contributed by atoms with Crippen molar-refractivity contribution >= 4 is 35.0 Å². The lowest BCUT2D eigenvalue weighted by atomic mass is 9.92. The lowest BCUT2D eigenvalue weighted by Crippen LogP contribution is -2.36. The summed E-state index contributed by atoms with van der Waals surface area (Å²) in [6.07, 6.45) is -0.145. The minimum atomic E-state index is -0.961. The van der Waals surface area contributed by atoms with Crippen molar-refractivity contribution in [3.05, 3.63) is 69.5 Å². The van der Waals surface area contributed by atoms with E-state index in [1.807, 2.05) is 32.0 Å². The van der Waals surface area contributed by atoms with Gasteiger partial charge in [0, 0.05) is 12.1 Å². The Kier molecular flexibility index (Phi) is 5.63. The quantitative estimate of drug-likeness (QED) is 0.490. The molecule has 0 radical (unpaired) electrons. The van der Waals surface area contributed by atoms with E-state index in [0.717, 1.165) is 11.1 Å². The molecule has 0 saturated heterocycles. The first kappa shape index (κ1) is 21.1. The Morgan fingerprint density at radius 2 is 1.91 bits per heavy atom. The van der Waals surface area contributed by atoms with Gasteiger partial charge in [0.15, 0.2) is 0 Å². The maximum atomic E-state index is 13.0. The summed E-state index contributed by atoms with van der Waals surface area (Å²) >= 11 is 0. The molecule has 2 aromatic carbocycles. The number of hydrogen-bond donors (Lipinski definition) is 4. The van der Waals surface area contributed by atoms with E-state index in [2.05, 4.69) is 25.9 Å². The van der Waals surface area contributed by atoms with Gasteiger partial charge in [-0.1, -0.05) is 18.2 Å². The average molecular weight is 433 g/mol. The SMILES string of the molecule is COc1ccccc1Nc1nc2c(c(=O)[nH]1)C(C(=O)Nc1ccc(C)c(C)c1)CC(=O)N2. The molecule has 1 atom stereocenters. The van der Waals surface area contributed by atoms with Crippen molar-refractivity contribution in [1.82, 2.24) is 9.97 Å². The number of rotatable bonds is 5. The van der Waals surface area contributed by atoms with Crippen LogP contribution in [0, 0.1) is 13.8 Å². The molecule has 1 aromatic heterocycles. The number of nitrogens with zero attached hydrogens (tertiary/aromatic N) is 1. The van der Waals surface area contributed by atoms with Gasteiger partial charge in [-0.15, -0.1) is 0 Å². The van der Waals surface area contributed by atoms with Gasteiger partial charge in [-0.2, -0.15) is 4.98 Å². The number of benzene rings is 2. The molecule has 3 aromatic rings. The van der Waals surface area contributed by atoms with Gasteiger partial charge in [0.1, 0.15) is 11.6 Å². The van der Waals surface area contributed by atoms with Crippen LogP contribution in [0.1, 0.15) is 29.0 Å². The smallest absolute Gasteiger partial charge is 0.258 e. The zero-order valence-corrected chi connectivity index (χ0v) is 17.9. The molecule has 0 aliphatic carbocycles. The predicted octanol–water partition coefficient (Wildman–Crippen LogP) is 3.20. The molecule has 0 bridgehead atoms. The number of ether oxygens (including phenoxy) is 1. The van der Waals surface area contributed by atoms with E-state index in [0.29, 0.717) is 17.1 Å². The monoisotopic (exact) mass is 433 g/mol. The number of aromatic amines is 1. The number of H-pyrrole nitrogens is 1. The number of para-hydroxylation sites is 2. The summed E-state index contributed by atoms with van der Waals surface area (Å²) in [4.78, 5) is 45.2.